The molecule has 0 bridgehead atoms. The minimum absolute atomic E-state index is 0.0502. The van der Waals surface area contributed by atoms with Crippen LogP contribution in [0.25, 0.3) is 11.0 Å². The van der Waals surface area contributed by atoms with Crippen molar-refractivity contribution in [3.63, 3.8) is 0 Å². The average molecular weight is 858 g/mol. The molecule has 1 aliphatic carbocycles. The minimum atomic E-state index is -0.537. The van der Waals surface area contributed by atoms with E-state index in [1.807, 2.05) is 32.0 Å². The molecule has 3 N–H and O–H groups in total. The minimum Gasteiger partial charge on any atom is -0.478 e. The maximum atomic E-state index is 15.8. The number of allylic oxidation sites excluding steroid dienone is 2. The summed E-state index contributed by atoms with van der Waals surface area (Å²) in [5, 5.41) is 15.7. The van der Waals surface area contributed by atoms with Gasteiger partial charge >= 0.3 is 0 Å². The summed E-state index contributed by atoms with van der Waals surface area (Å²) in [5.41, 5.74) is 2.91. The van der Waals surface area contributed by atoms with Gasteiger partial charge in [0.25, 0.3) is 11.5 Å². The van der Waals surface area contributed by atoms with Crippen LogP contribution in [0, 0.1) is 23.7 Å². The van der Waals surface area contributed by atoms with Crippen molar-refractivity contribution >= 4 is 63.5 Å². The largest absolute Gasteiger partial charge is 0.478 e. The first-order valence-electron chi connectivity index (χ1n) is 21.2. The molecule has 0 saturated carbocycles. The number of carbonyl (C=O) groups excluding carboxylic acids is 3. The number of hydrazone groups is 1. The zero-order valence-electron chi connectivity index (χ0n) is 35.2. The molecule has 3 aromatic rings. The van der Waals surface area contributed by atoms with Crippen molar-refractivity contribution in [3.05, 3.63) is 63.0 Å². The average Bonchev–Trinajstić information content (AvgIpc) is 3.55. The third-order valence-electron chi connectivity index (χ3n) is 12.9. The lowest BCUT2D eigenvalue weighted by Crippen LogP contribution is -2.46. The summed E-state index contributed by atoms with van der Waals surface area (Å²) in [6.07, 6.45) is 8.78. The number of pyridine rings is 2. The van der Waals surface area contributed by atoms with Crippen molar-refractivity contribution in [2.75, 3.05) is 63.6 Å². The number of piperidine rings is 3. The number of nitrogens with one attached hydrogen (secondary N) is 3. The van der Waals surface area contributed by atoms with Crippen LogP contribution >= 0.6 is 11.6 Å². The van der Waals surface area contributed by atoms with E-state index < -0.39 is 5.92 Å². The first-order valence-corrected chi connectivity index (χ1v) is 21.6. The van der Waals surface area contributed by atoms with Crippen LogP contribution in [-0.4, -0.2) is 112 Å². The fraction of sp³-hybridized carbons (Fsp3) is 0.535. The van der Waals surface area contributed by atoms with Crippen molar-refractivity contribution in [2.45, 2.75) is 71.4 Å². The zero-order chi connectivity index (χ0) is 43.1. The van der Waals surface area contributed by atoms with E-state index in [1.54, 1.807) is 24.5 Å². The molecule has 0 spiro atoms. The van der Waals surface area contributed by atoms with Crippen LogP contribution in [0.5, 0.6) is 5.75 Å². The Balaban J connectivity index is 0.873. The summed E-state index contributed by atoms with van der Waals surface area (Å²) in [7, 11) is 3.38. The van der Waals surface area contributed by atoms with Gasteiger partial charge in [0.15, 0.2) is 18.2 Å². The number of hydrogen-bond donors (Lipinski definition) is 3. The van der Waals surface area contributed by atoms with Gasteiger partial charge in [0, 0.05) is 57.2 Å². The number of likely N-dealkylation sites (tertiary alicyclic amines) is 1. The van der Waals surface area contributed by atoms with Crippen LogP contribution in [-0.2, 0) is 14.4 Å². The van der Waals surface area contributed by atoms with Gasteiger partial charge in [-0.05, 0) is 101 Å². The highest BCUT2D eigenvalue weighted by atomic mass is 35.5. The van der Waals surface area contributed by atoms with Gasteiger partial charge in [-0.15, -0.1) is 0 Å². The molecule has 8 rings (SSSR count). The SMILES string of the molecule is CNC(=O)COc1cc2cc(Nc3nc(N4CCC(CN5CCC(C6=C(F)C=C7C(C8CCC(=O)NC8=O)=NN(C)C7C6)CC5)C(C)C4)ncc3Cl)cnc2n(C(C)C)c1=O. The summed E-state index contributed by atoms with van der Waals surface area (Å²) < 4.78 is 23.0. The normalized spacial score (nSPS) is 23.9. The number of likely N-dealkylation sites (N-methyl/N-ethyl adjacent to an activating group) is 2. The molecule has 7 heterocycles. The second kappa shape index (κ2) is 17.5. The Kier molecular flexibility index (Phi) is 12.1. The monoisotopic (exact) mass is 857 g/mol. The van der Waals surface area contributed by atoms with E-state index >= 15 is 4.39 Å². The Hall–Kier alpha value is -5.42. The number of ether oxygens (including phenoxy) is 1. The number of imide groups is 1. The molecule has 16 nitrogen and oxygen atoms in total. The second-order valence-corrected chi connectivity index (χ2v) is 17.6. The van der Waals surface area contributed by atoms with Gasteiger partial charge in [-0.1, -0.05) is 18.5 Å². The molecule has 61 heavy (non-hydrogen) atoms. The van der Waals surface area contributed by atoms with Gasteiger partial charge in [-0.25, -0.2) is 14.4 Å². The van der Waals surface area contributed by atoms with Gasteiger partial charge in [-0.3, -0.25) is 34.1 Å². The molecule has 4 unspecified atom stereocenters. The fourth-order valence-corrected chi connectivity index (χ4v) is 9.59. The Labute approximate surface area is 358 Å². The molecule has 324 valence electrons. The molecule has 4 aliphatic heterocycles. The molecule has 3 saturated heterocycles. The third-order valence-corrected chi connectivity index (χ3v) is 13.1. The van der Waals surface area contributed by atoms with Crippen molar-refractivity contribution in [3.8, 4) is 5.75 Å². The molecule has 5 aliphatic rings. The standard InChI is InChI=1S/C43H53ClFN11O5/c1-23(2)56-40-27(15-35(42(56)60)61-22-37(58)46-4)14-28(18-47-40)49-39-32(44)19-48-43(51-39)55-13-10-26(24(3)20-55)21-54-11-8-25(9-12-54)30-17-34-31(16-33(30)45)38(52-53(34)5)29-6-7-36(57)50-41(29)59/h14-16,18-19,23-26,29,34H,6-13,17,20-22H2,1-5H3,(H,46,58)(H,48,49,51)(H,50,57,59). The first-order chi connectivity index (χ1) is 29.3. The smallest absolute Gasteiger partial charge is 0.294 e. The van der Waals surface area contributed by atoms with Gasteiger partial charge in [-0.2, -0.15) is 10.1 Å². The molecule has 0 aromatic carbocycles. The molecule has 3 aromatic heterocycles. The second-order valence-electron chi connectivity index (χ2n) is 17.2. The summed E-state index contributed by atoms with van der Waals surface area (Å²) in [6.45, 7) is 10.1. The van der Waals surface area contributed by atoms with Crippen molar-refractivity contribution in [2.24, 2.45) is 28.8 Å². The number of halogens is 2. The van der Waals surface area contributed by atoms with Crippen LogP contribution in [0.15, 0.2) is 57.5 Å². The summed E-state index contributed by atoms with van der Waals surface area (Å²) >= 11 is 6.61. The van der Waals surface area contributed by atoms with Crippen LogP contribution < -0.4 is 31.1 Å². The number of rotatable bonds is 11. The van der Waals surface area contributed by atoms with E-state index in [-0.39, 0.29) is 65.9 Å². The van der Waals surface area contributed by atoms with E-state index in [1.165, 1.54) is 11.6 Å². The van der Waals surface area contributed by atoms with E-state index in [2.05, 4.69) is 47.7 Å². The fourth-order valence-electron chi connectivity index (χ4n) is 9.45. The molecule has 4 atom stereocenters. The molecule has 3 amide bonds. The number of aromatic nitrogens is 4. The van der Waals surface area contributed by atoms with Crippen molar-refractivity contribution in [1.82, 2.24) is 40.1 Å². The van der Waals surface area contributed by atoms with Crippen LogP contribution in [0.3, 0.4) is 0 Å². The maximum absolute atomic E-state index is 15.8. The number of amides is 3. The van der Waals surface area contributed by atoms with E-state index in [0.717, 1.165) is 63.1 Å². The number of carbonyl (C=O) groups is 3. The van der Waals surface area contributed by atoms with Gasteiger partial charge < -0.3 is 25.2 Å². The Morgan fingerprint density at radius 3 is 2.59 bits per heavy atom. The van der Waals surface area contributed by atoms with Crippen molar-refractivity contribution < 1.29 is 23.5 Å². The highest BCUT2D eigenvalue weighted by molar-refractivity contribution is 6.33. The summed E-state index contributed by atoms with van der Waals surface area (Å²) in [6, 6.07) is 3.12. The Bertz CT molecular complexity index is 2390. The molecular weight excluding hydrogens is 805 g/mol. The van der Waals surface area contributed by atoms with Crippen LogP contribution in [0.4, 0.5) is 21.8 Å². The number of hydrogen-bond acceptors (Lipinski definition) is 13. The van der Waals surface area contributed by atoms with Gasteiger partial charge in [0.1, 0.15) is 16.5 Å². The zero-order valence-corrected chi connectivity index (χ0v) is 36.0. The van der Waals surface area contributed by atoms with Gasteiger partial charge in [0.2, 0.25) is 17.8 Å². The van der Waals surface area contributed by atoms with Gasteiger partial charge in [0.05, 0.1) is 35.8 Å². The predicted octanol–water partition coefficient (Wildman–Crippen LogP) is 4.74. The molecule has 18 heteroatoms. The predicted molar refractivity (Wildman–Crippen MR) is 231 cm³/mol. The lowest BCUT2D eigenvalue weighted by molar-refractivity contribution is -0.134. The quantitative estimate of drug-likeness (QED) is 0.226. The molecular formula is C43H53ClFN11O5. The third kappa shape index (κ3) is 8.72. The number of anilines is 3. The Morgan fingerprint density at radius 2 is 1.87 bits per heavy atom. The van der Waals surface area contributed by atoms with Crippen molar-refractivity contribution in [1.29, 1.82) is 0 Å². The highest BCUT2D eigenvalue weighted by Gasteiger charge is 2.43. The van der Waals surface area contributed by atoms with E-state index in [9.17, 15) is 19.2 Å². The summed E-state index contributed by atoms with van der Waals surface area (Å²) in [4.78, 5) is 68.2. The van der Waals surface area contributed by atoms with E-state index in [4.69, 9.17) is 21.3 Å². The lowest BCUT2D eigenvalue weighted by Gasteiger charge is -2.41. The van der Waals surface area contributed by atoms with Crippen LogP contribution in [0.2, 0.25) is 5.02 Å². The lowest BCUT2D eigenvalue weighted by atomic mass is 9.78. The molecule has 3 fully saturated rings. The number of nitrogens with zero attached hydrogens (tertiary/aromatic N) is 8. The maximum Gasteiger partial charge on any atom is 0.294 e. The van der Waals surface area contributed by atoms with Crippen LogP contribution in [0.1, 0.15) is 65.3 Å². The summed E-state index contributed by atoms with van der Waals surface area (Å²) in [5.74, 6) is 0.364. The highest BCUT2D eigenvalue weighted by Crippen LogP contribution is 2.42. The topological polar surface area (TPSA) is 179 Å². The molecule has 0 radical (unpaired) electrons. The first kappa shape index (κ1) is 42.3. The van der Waals surface area contributed by atoms with E-state index in [0.29, 0.717) is 63.9 Å². The Morgan fingerprint density at radius 1 is 1.08 bits per heavy atom. The number of fused-ring (bicyclic) bond motifs is 2.